The Bertz CT molecular complexity index is 2820. The fourth-order valence-corrected chi connectivity index (χ4v) is 11.7. The van der Waals surface area contributed by atoms with E-state index < -0.39 is 0 Å². The number of hydrogen-bond donors (Lipinski definition) is 0. The van der Waals surface area contributed by atoms with Crippen LogP contribution in [0.2, 0.25) is 0 Å². The van der Waals surface area contributed by atoms with Crippen LogP contribution in [0.15, 0.2) is 115 Å². The van der Waals surface area contributed by atoms with E-state index in [2.05, 4.69) is 201 Å². The van der Waals surface area contributed by atoms with Crippen molar-refractivity contribution in [1.82, 2.24) is 0 Å². The summed E-state index contributed by atoms with van der Waals surface area (Å²) in [6, 6.07) is 45.0. The molecule has 59 heavy (non-hydrogen) atoms. The third kappa shape index (κ3) is 5.95. The zero-order chi connectivity index (χ0) is 41.3. The maximum atomic E-state index is 2.68. The molecular formula is C55H57BN2S. The summed E-state index contributed by atoms with van der Waals surface area (Å²) in [5.74, 6) is 0.468. The van der Waals surface area contributed by atoms with E-state index in [0.29, 0.717) is 5.92 Å². The molecule has 3 aliphatic rings. The van der Waals surface area contributed by atoms with Gasteiger partial charge in [-0.3, -0.25) is 0 Å². The second-order valence-corrected chi connectivity index (χ2v) is 21.5. The van der Waals surface area contributed by atoms with Crippen molar-refractivity contribution in [2.24, 2.45) is 0 Å². The molecule has 0 bridgehead atoms. The van der Waals surface area contributed by atoms with Gasteiger partial charge in [-0.05, 0) is 147 Å². The summed E-state index contributed by atoms with van der Waals surface area (Å²) in [5.41, 5.74) is 21.5. The maximum Gasteiger partial charge on any atom is 0.264 e. The lowest BCUT2D eigenvalue weighted by Gasteiger charge is -2.47. The van der Waals surface area contributed by atoms with Gasteiger partial charge in [0.2, 0.25) is 0 Å². The predicted molar refractivity (Wildman–Crippen MR) is 259 cm³/mol. The molecule has 0 spiro atoms. The lowest BCUT2D eigenvalue weighted by Crippen LogP contribution is -2.61. The SMILES string of the molecule is Cc1ccc(-c2ccccc2)c(N2c3cc(C)cc4c3B(c3cc5c(cc3N4c3ccc(C(C)C)cc3)C(C)(C)CCC5(C)C)c3sc4ccc(C(C)(C)C)cc4c32)c1. The highest BCUT2D eigenvalue weighted by molar-refractivity contribution is 7.33. The summed E-state index contributed by atoms with van der Waals surface area (Å²) in [4.78, 5) is 5.30. The standard InChI is InChI=1S/C55H57BN2S/c1-33(2)36-18-21-39(22-19-36)57-46-32-43-42(54(8,9)25-26-55(43,10)11)31-44(46)56-50-47(57)28-35(4)29-48(50)58(45-27-34(3)17-23-40(45)37-15-13-12-14-16-37)51-41-30-38(53(5,6)7)20-24-49(41)59-52(51)56/h12-24,27-33H,25-26H2,1-11H3. The molecule has 1 aromatic heterocycles. The molecule has 0 saturated carbocycles. The van der Waals surface area contributed by atoms with Crippen molar-refractivity contribution in [3.8, 4) is 11.1 Å². The minimum atomic E-state index is 0.0171. The average molecular weight is 789 g/mol. The zero-order valence-corrected chi connectivity index (χ0v) is 37.7. The van der Waals surface area contributed by atoms with Crippen LogP contribution in [0.3, 0.4) is 0 Å². The van der Waals surface area contributed by atoms with E-state index in [4.69, 9.17) is 0 Å². The molecule has 0 saturated heterocycles. The largest absolute Gasteiger partial charge is 0.311 e. The summed E-state index contributed by atoms with van der Waals surface area (Å²) >= 11 is 2.01. The first kappa shape index (κ1) is 38.2. The van der Waals surface area contributed by atoms with Crippen molar-refractivity contribution in [3.05, 3.63) is 149 Å². The maximum absolute atomic E-state index is 2.68. The summed E-state index contributed by atoms with van der Waals surface area (Å²) in [6.45, 7) is 26.1. The van der Waals surface area contributed by atoms with Crippen LogP contribution in [0.1, 0.15) is 114 Å². The van der Waals surface area contributed by atoms with Crippen molar-refractivity contribution in [2.75, 3.05) is 9.80 Å². The van der Waals surface area contributed by atoms with Crippen molar-refractivity contribution >= 4 is 78.0 Å². The third-order valence-electron chi connectivity index (χ3n) is 13.9. The van der Waals surface area contributed by atoms with Crippen LogP contribution in [-0.2, 0) is 16.2 Å². The van der Waals surface area contributed by atoms with E-state index in [1.807, 2.05) is 11.3 Å². The van der Waals surface area contributed by atoms with Crippen LogP contribution in [0.4, 0.5) is 34.1 Å². The highest BCUT2D eigenvalue weighted by Crippen LogP contribution is 2.53. The molecule has 0 unspecified atom stereocenters. The zero-order valence-electron chi connectivity index (χ0n) is 36.8. The normalized spacial score (nSPS) is 16.2. The van der Waals surface area contributed by atoms with Gasteiger partial charge in [0.25, 0.3) is 6.71 Å². The van der Waals surface area contributed by atoms with Gasteiger partial charge in [0.1, 0.15) is 0 Å². The molecule has 2 aliphatic heterocycles. The summed E-state index contributed by atoms with van der Waals surface area (Å²) in [6.07, 6.45) is 2.37. The van der Waals surface area contributed by atoms with Gasteiger partial charge < -0.3 is 9.80 Å². The third-order valence-corrected chi connectivity index (χ3v) is 15.2. The van der Waals surface area contributed by atoms with Crippen molar-refractivity contribution in [2.45, 2.75) is 111 Å². The molecule has 10 rings (SSSR count). The number of benzene rings is 6. The molecule has 0 atom stereocenters. The molecule has 1 aliphatic carbocycles. The fourth-order valence-electron chi connectivity index (χ4n) is 10.4. The molecule has 0 N–H and O–H groups in total. The van der Waals surface area contributed by atoms with Crippen LogP contribution in [0, 0.1) is 13.8 Å². The summed E-state index contributed by atoms with van der Waals surface area (Å²) in [7, 11) is 0. The minimum Gasteiger partial charge on any atom is -0.311 e. The molecule has 0 radical (unpaired) electrons. The lowest BCUT2D eigenvalue weighted by molar-refractivity contribution is 0.332. The summed E-state index contributed by atoms with van der Waals surface area (Å²) < 4.78 is 2.79. The number of thiophene rings is 1. The average Bonchev–Trinajstić information content (AvgIpc) is 3.57. The second-order valence-electron chi connectivity index (χ2n) is 20.5. The van der Waals surface area contributed by atoms with E-state index in [1.165, 1.54) is 117 Å². The van der Waals surface area contributed by atoms with Gasteiger partial charge in [-0.2, -0.15) is 0 Å². The van der Waals surface area contributed by atoms with Gasteiger partial charge in [0.05, 0.1) is 11.4 Å². The first-order valence-corrected chi connectivity index (χ1v) is 22.6. The minimum absolute atomic E-state index is 0.0171. The Morgan fingerprint density at radius 1 is 0.644 bits per heavy atom. The van der Waals surface area contributed by atoms with E-state index in [1.54, 1.807) is 0 Å². The topological polar surface area (TPSA) is 6.48 Å². The number of hydrogen-bond acceptors (Lipinski definition) is 3. The molecule has 6 aromatic carbocycles. The smallest absolute Gasteiger partial charge is 0.264 e. The number of aryl methyl sites for hydroxylation is 2. The molecule has 296 valence electrons. The van der Waals surface area contributed by atoms with Gasteiger partial charge in [0, 0.05) is 43.2 Å². The first-order chi connectivity index (χ1) is 28.0. The lowest BCUT2D eigenvalue weighted by atomic mass is 9.35. The number of anilines is 6. The van der Waals surface area contributed by atoms with Crippen molar-refractivity contribution in [3.63, 3.8) is 0 Å². The highest BCUT2D eigenvalue weighted by Gasteiger charge is 2.48. The predicted octanol–water partition coefficient (Wildman–Crippen LogP) is 14.0. The Balaban J connectivity index is 1.36. The first-order valence-electron chi connectivity index (χ1n) is 21.8. The number of fused-ring (bicyclic) bond motifs is 7. The fraction of sp³-hybridized carbons (Fsp3) is 0.309. The van der Waals surface area contributed by atoms with Crippen LogP contribution >= 0.6 is 11.3 Å². The van der Waals surface area contributed by atoms with E-state index in [-0.39, 0.29) is 23.0 Å². The van der Waals surface area contributed by atoms with Crippen LogP contribution in [0.5, 0.6) is 0 Å². The molecular weight excluding hydrogens is 731 g/mol. The molecule has 7 aromatic rings. The molecule has 4 heteroatoms. The monoisotopic (exact) mass is 788 g/mol. The van der Waals surface area contributed by atoms with Crippen molar-refractivity contribution in [1.29, 1.82) is 0 Å². The van der Waals surface area contributed by atoms with Gasteiger partial charge in [-0.15, -0.1) is 11.3 Å². The van der Waals surface area contributed by atoms with E-state index >= 15 is 0 Å². The highest BCUT2D eigenvalue weighted by atomic mass is 32.1. The Morgan fingerprint density at radius 2 is 1.29 bits per heavy atom. The van der Waals surface area contributed by atoms with Crippen molar-refractivity contribution < 1.29 is 0 Å². The van der Waals surface area contributed by atoms with Crippen LogP contribution in [0.25, 0.3) is 21.2 Å². The van der Waals surface area contributed by atoms with E-state index in [9.17, 15) is 0 Å². The van der Waals surface area contributed by atoms with Crippen LogP contribution in [-0.4, -0.2) is 6.71 Å². The Labute approximate surface area is 357 Å². The molecule has 3 heterocycles. The van der Waals surface area contributed by atoms with Gasteiger partial charge in [0.15, 0.2) is 0 Å². The van der Waals surface area contributed by atoms with Gasteiger partial charge >= 0.3 is 0 Å². The molecule has 0 amide bonds. The molecule has 0 fully saturated rings. The molecule has 2 nitrogen and oxygen atoms in total. The Kier molecular flexibility index (Phi) is 8.55. The summed E-state index contributed by atoms with van der Waals surface area (Å²) in [5, 5.41) is 1.35. The van der Waals surface area contributed by atoms with Crippen LogP contribution < -0.4 is 25.5 Å². The van der Waals surface area contributed by atoms with Gasteiger partial charge in [-0.25, -0.2) is 0 Å². The second kappa shape index (κ2) is 13.2. The Morgan fingerprint density at radius 3 is 1.95 bits per heavy atom. The van der Waals surface area contributed by atoms with Gasteiger partial charge in [-0.1, -0.05) is 129 Å². The quantitative estimate of drug-likeness (QED) is 0.164. The number of nitrogens with zero attached hydrogens (tertiary/aromatic N) is 2. The Hall–Kier alpha value is -5.06. The van der Waals surface area contributed by atoms with E-state index in [0.717, 1.165) is 0 Å². The number of rotatable bonds is 4.